The van der Waals surface area contributed by atoms with Crippen LogP contribution in [0.15, 0.2) is 11.1 Å². The summed E-state index contributed by atoms with van der Waals surface area (Å²) in [4.78, 5) is -0.0867. The highest BCUT2D eigenvalue weighted by Gasteiger charge is 2.28. The van der Waals surface area contributed by atoms with Crippen molar-refractivity contribution in [2.24, 2.45) is 7.05 Å². The molecule has 30 heavy (non-hydrogen) atoms. The molecule has 0 fully saturated rings. The summed E-state index contributed by atoms with van der Waals surface area (Å²) in [5, 5.41) is 7.93. The Morgan fingerprint density at radius 1 is 0.900 bits per heavy atom. The molecule has 0 unspecified atom stereocenters. The smallest absolute Gasteiger partial charge is 0.265 e. The molecule has 0 spiro atoms. The van der Waals surface area contributed by atoms with Crippen LogP contribution in [0.4, 0.5) is 27.6 Å². The van der Waals surface area contributed by atoms with Gasteiger partial charge in [0, 0.05) is 13.2 Å². The van der Waals surface area contributed by atoms with Crippen molar-refractivity contribution in [1.82, 2.24) is 19.6 Å². The molecule has 0 aliphatic heterocycles. The van der Waals surface area contributed by atoms with E-state index in [1.807, 2.05) is 0 Å². The third-order valence-electron chi connectivity index (χ3n) is 4.48. The number of aromatic nitrogens is 4. The summed E-state index contributed by atoms with van der Waals surface area (Å²) in [6.07, 6.45) is 1.29. The highest BCUT2D eigenvalue weighted by atomic mass is 32.2. The van der Waals surface area contributed by atoms with Crippen LogP contribution in [0.3, 0.4) is 0 Å². The lowest BCUT2D eigenvalue weighted by Crippen LogP contribution is -2.15. The second-order valence-electron chi connectivity index (χ2n) is 6.61. The molecule has 0 saturated heterocycles. The van der Waals surface area contributed by atoms with Crippen molar-refractivity contribution in [3.63, 3.8) is 0 Å². The van der Waals surface area contributed by atoms with Gasteiger partial charge in [-0.1, -0.05) is 0 Å². The van der Waals surface area contributed by atoms with Crippen molar-refractivity contribution in [3.8, 4) is 0 Å². The molecule has 2 heterocycles. The van der Waals surface area contributed by atoms with E-state index >= 15 is 0 Å². The SMILES string of the molecule is Cc1nn(C)cc1S(=O)(=O)Nc1c(C)nn(Cc2c(F)c(F)c(F)c(F)c2F)c1C. The Bertz CT molecular complexity index is 1240. The summed E-state index contributed by atoms with van der Waals surface area (Å²) in [7, 11) is -2.52. The van der Waals surface area contributed by atoms with Gasteiger partial charge in [0.05, 0.1) is 34.9 Å². The van der Waals surface area contributed by atoms with Crippen molar-refractivity contribution in [2.45, 2.75) is 32.2 Å². The molecular weight excluding hydrogens is 433 g/mol. The first-order valence-corrected chi connectivity index (χ1v) is 9.90. The Morgan fingerprint density at radius 3 is 1.93 bits per heavy atom. The minimum absolute atomic E-state index is 0.0159. The number of aryl methyl sites for hydroxylation is 3. The van der Waals surface area contributed by atoms with Crippen LogP contribution in [0.1, 0.15) is 22.6 Å². The number of benzene rings is 1. The topological polar surface area (TPSA) is 81.8 Å². The molecular formula is C17H16F5N5O2S. The van der Waals surface area contributed by atoms with Gasteiger partial charge in [-0.25, -0.2) is 30.4 Å². The Labute approximate surface area is 168 Å². The maximum Gasteiger partial charge on any atom is 0.265 e. The van der Waals surface area contributed by atoms with Gasteiger partial charge in [0.15, 0.2) is 23.3 Å². The summed E-state index contributed by atoms with van der Waals surface area (Å²) in [5.74, 6) is -10.4. The van der Waals surface area contributed by atoms with Crippen molar-refractivity contribution in [1.29, 1.82) is 0 Å². The molecule has 0 atom stereocenters. The van der Waals surface area contributed by atoms with Crippen LogP contribution in [0.2, 0.25) is 0 Å². The van der Waals surface area contributed by atoms with Crippen LogP contribution in [-0.2, 0) is 23.6 Å². The molecule has 1 N–H and O–H groups in total. The second kappa shape index (κ2) is 7.38. The Balaban J connectivity index is 2.01. The van der Waals surface area contributed by atoms with Gasteiger partial charge in [-0.3, -0.25) is 14.1 Å². The van der Waals surface area contributed by atoms with Crippen LogP contribution >= 0.6 is 0 Å². The van der Waals surface area contributed by atoms with E-state index in [9.17, 15) is 30.4 Å². The lowest BCUT2D eigenvalue weighted by Gasteiger charge is -2.11. The number of sulfonamides is 1. The largest absolute Gasteiger partial charge is 0.276 e. The second-order valence-corrected chi connectivity index (χ2v) is 8.26. The van der Waals surface area contributed by atoms with E-state index in [0.29, 0.717) is 0 Å². The molecule has 3 aromatic rings. The zero-order chi connectivity index (χ0) is 22.5. The predicted molar refractivity (Wildman–Crippen MR) is 95.8 cm³/mol. The molecule has 2 aromatic heterocycles. The van der Waals surface area contributed by atoms with Gasteiger partial charge >= 0.3 is 0 Å². The monoisotopic (exact) mass is 449 g/mol. The summed E-state index contributed by atoms with van der Waals surface area (Å²) >= 11 is 0. The minimum Gasteiger partial charge on any atom is -0.276 e. The molecule has 0 saturated carbocycles. The number of hydrogen-bond acceptors (Lipinski definition) is 4. The first-order valence-electron chi connectivity index (χ1n) is 8.42. The van der Waals surface area contributed by atoms with Gasteiger partial charge in [0.25, 0.3) is 10.0 Å². The Hall–Kier alpha value is -2.96. The maximum atomic E-state index is 14.0. The number of rotatable bonds is 5. The third kappa shape index (κ3) is 3.53. The maximum absolute atomic E-state index is 14.0. The summed E-state index contributed by atoms with van der Waals surface area (Å²) in [6.45, 7) is 3.52. The summed E-state index contributed by atoms with van der Waals surface area (Å²) in [5.41, 5.74) is -0.575. The number of nitrogens with one attached hydrogen (secondary N) is 1. The molecule has 7 nitrogen and oxygen atoms in total. The van der Waals surface area contributed by atoms with Gasteiger partial charge in [-0.2, -0.15) is 10.2 Å². The lowest BCUT2D eigenvalue weighted by molar-refractivity contribution is 0.366. The van der Waals surface area contributed by atoms with E-state index < -0.39 is 51.2 Å². The average Bonchev–Trinajstić information content (AvgIpc) is 3.15. The standard InChI is InChI=1S/C17H16F5N5O2S/c1-7-11(6-26(4)23-7)30(28,29)25-17-8(2)24-27(9(17)3)5-10-12(18)14(20)16(22)15(21)13(10)19/h6,25H,5H2,1-4H3. The molecule has 0 amide bonds. The van der Waals surface area contributed by atoms with Crippen LogP contribution < -0.4 is 4.72 Å². The van der Waals surface area contributed by atoms with Crippen LogP contribution in [-0.4, -0.2) is 28.0 Å². The number of hydrogen-bond donors (Lipinski definition) is 1. The van der Waals surface area contributed by atoms with E-state index in [2.05, 4.69) is 14.9 Å². The van der Waals surface area contributed by atoms with Crippen LogP contribution in [0, 0.1) is 49.9 Å². The van der Waals surface area contributed by atoms with Crippen molar-refractivity contribution in [3.05, 3.63) is 57.9 Å². The average molecular weight is 449 g/mol. The summed E-state index contributed by atoms with van der Waals surface area (Å²) in [6, 6.07) is 0. The highest BCUT2D eigenvalue weighted by molar-refractivity contribution is 7.92. The van der Waals surface area contributed by atoms with Gasteiger partial charge in [-0.15, -0.1) is 0 Å². The molecule has 13 heteroatoms. The number of nitrogens with zero attached hydrogens (tertiary/aromatic N) is 4. The third-order valence-corrected chi connectivity index (χ3v) is 5.94. The number of halogens is 5. The molecule has 0 aliphatic rings. The van der Waals surface area contributed by atoms with Crippen LogP contribution in [0.25, 0.3) is 0 Å². The summed E-state index contributed by atoms with van der Waals surface area (Å²) < 4.78 is 98.1. The highest BCUT2D eigenvalue weighted by Crippen LogP contribution is 2.28. The molecule has 162 valence electrons. The first-order chi connectivity index (χ1) is 13.8. The van der Waals surface area contributed by atoms with E-state index in [1.54, 1.807) is 7.05 Å². The lowest BCUT2D eigenvalue weighted by atomic mass is 10.1. The van der Waals surface area contributed by atoms with Crippen molar-refractivity contribution in [2.75, 3.05) is 4.72 Å². The van der Waals surface area contributed by atoms with Crippen molar-refractivity contribution >= 4 is 15.7 Å². The van der Waals surface area contributed by atoms with Gasteiger partial charge in [0.1, 0.15) is 4.90 Å². The molecule has 0 bridgehead atoms. The Morgan fingerprint density at radius 2 is 1.43 bits per heavy atom. The zero-order valence-corrected chi connectivity index (χ0v) is 17.0. The molecule has 1 aromatic carbocycles. The zero-order valence-electron chi connectivity index (χ0n) is 16.2. The fourth-order valence-corrected chi connectivity index (χ4v) is 4.36. The molecule has 0 aliphatic carbocycles. The van der Waals surface area contributed by atoms with E-state index in [0.717, 1.165) is 4.68 Å². The first kappa shape index (κ1) is 21.7. The predicted octanol–water partition coefficient (Wildman–Crippen LogP) is 3.09. The van der Waals surface area contributed by atoms with Crippen LogP contribution in [0.5, 0.6) is 0 Å². The molecule has 3 rings (SSSR count). The van der Waals surface area contributed by atoms with Gasteiger partial charge < -0.3 is 0 Å². The quantitative estimate of drug-likeness (QED) is 0.369. The minimum atomic E-state index is -4.07. The van der Waals surface area contributed by atoms with Gasteiger partial charge in [-0.05, 0) is 20.8 Å². The van der Waals surface area contributed by atoms with E-state index in [1.165, 1.54) is 31.6 Å². The van der Waals surface area contributed by atoms with E-state index in [-0.39, 0.29) is 27.7 Å². The number of anilines is 1. The van der Waals surface area contributed by atoms with Crippen molar-refractivity contribution < 1.29 is 30.4 Å². The van der Waals surface area contributed by atoms with Gasteiger partial charge in [0.2, 0.25) is 5.82 Å². The fraction of sp³-hybridized carbons (Fsp3) is 0.294. The Kier molecular flexibility index (Phi) is 5.35. The normalized spacial score (nSPS) is 11.9. The molecule has 0 radical (unpaired) electrons. The fourth-order valence-electron chi connectivity index (χ4n) is 2.97. The van der Waals surface area contributed by atoms with E-state index in [4.69, 9.17) is 0 Å².